The van der Waals surface area contributed by atoms with Gasteiger partial charge in [-0.2, -0.15) is 0 Å². The third-order valence-corrected chi connectivity index (χ3v) is 5.41. The molecule has 1 aliphatic heterocycles. The summed E-state index contributed by atoms with van der Waals surface area (Å²) in [5.41, 5.74) is 0.425. The Labute approximate surface area is 174 Å². The quantitative estimate of drug-likeness (QED) is 0.520. The molecule has 164 valence electrons. The van der Waals surface area contributed by atoms with Crippen LogP contribution in [-0.4, -0.2) is 54.9 Å². The number of fused-ring (bicyclic) bond motifs is 1. The number of benzene rings is 1. The van der Waals surface area contributed by atoms with Crippen LogP contribution in [0.5, 0.6) is 5.75 Å². The fourth-order valence-electron chi connectivity index (χ4n) is 3.06. The van der Waals surface area contributed by atoms with Crippen molar-refractivity contribution in [1.29, 1.82) is 0 Å². The monoisotopic (exact) mass is 445 g/mol. The molecule has 0 spiro atoms. The second-order valence-corrected chi connectivity index (χ2v) is 7.91. The third-order valence-electron chi connectivity index (χ3n) is 4.48. The van der Waals surface area contributed by atoms with Gasteiger partial charge in [0.15, 0.2) is 5.13 Å². The number of ether oxygens (including phenoxy) is 1. The summed E-state index contributed by atoms with van der Waals surface area (Å²) in [6.07, 6.45) is -2.91. The lowest BCUT2D eigenvalue weighted by atomic mass is 10.1. The summed E-state index contributed by atoms with van der Waals surface area (Å²) < 4.78 is 41.3. The topological polar surface area (TPSA) is 104 Å². The van der Waals surface area contributed by atoms with Crippen molar-refractivity contribution in [3.8, 4) is 5.75 Å². The van der Waals surface area contributed by atoms with E-state index in [1.54, 1.807) is 6.92 Å². The zero-order valence-electron chi connectivity index (χ0n) is 16.1. The molecule has 8 nitrogen and oxygen atoms in total. The number of halogens is 3. The number of thiazole rings is 1. The number of carbonyl (C=O) groups excluding carboxylic acids is 2. The molecule has 0 radical (unpaired) electrons. The molecule has 1 unspecified atom stereocenters. The lowest BCUT2D eigenvalue weighted by molar-refractivity contribution is -0.274. The number of nitrogens with zero attached hydrogens (tertiary/aromatic N) is 1. The number of hydrogen-bond acceptors (Lipinski definition) is 7. The van der Waals surface area contributed by atoms with Crippen LogP contribution in [-0.2, 0) is 9.59 Å². The Hall–Kier alpha value is -2.44. The van der Waals surface area contributed by atoms with Gasteiger partial charge in [-0.3, -0.25) is 9.59 Å². The number of piperidine rings is 1. The van der Waals surface area contributed by atoms with E-state index >= 15 is 0 Å². The van der Waals surface area contributed by atoms with Crippen LogP contribution in [0.4, 0.5) is 18.3 Å². The Bertz CT molecular complexity index is 899. The van der Waals surface area contributed by atoms with Crippen LogP contribution in [0.2, 0.25) is 0 Å². The minimum absolute atomic E-state index is 0.217. The molecule has 1 saturated heterocycles. The Kier molecular flexibility index (Phi) is 7.10. The van der Waals surface area contributed by atoms with Crippen molar-refractivity contribution in [3.63, 3.8) is 0 Å². The van der Waals surface area contributed by atoms with Crippen LogP contribution in [0.15, 0.2) is 18.2 Å². The molecule has 2 aromatic rings. The summed E-state index contributed by atoms with van der Waals surface area (Å²) in [4.78, 5) is 28.4. The number of nitrogens with one attached hydrogen (secondary N) is 4. The summed E-state index contributed by atoms with van der Waals surface area (Å²) in [5, 5.41) is 11.8. The van der Waals surface area contributed by atoms with Gasteiger partial charge in [0.1, 0.15) is 5.75 Å². The average Bonchev–Trinajstić information content (AvgIpc) is 3.07. The van der Waals surface area contributed by atoms with Crippen molar-refractivity contribution in [3.05, 3.63) is 18.2 Å². The summed E-state index contributed by atoms with van der Waals surface area (Å²) in [7, 11) is 0. The lowest BCUT2D eigenvalue weighted by Crippen LogP contribution is -2.50. The van der Waals surface area contributed by atoms with Gasteiger partial charge in [0.05, 0.1) is 22.8 Å². The fourth-order valence-corrected chi connectivity index (χ4v) is 3.97. The van der Waals surface area contributed by atoms with E-state index in [0.717, 1.165) is 43.3 Å². The average molecular weight is 445 g/mol. The Morgan fingerprint density at radius 1 is 1.33 bits per heavy atom. The molecule has 1 fully saturated rings. The highest BCUT2D eigenvalue weighted by atomic mass is 32.1. The van der Waals surface area contributed by atoms with Crippen molar-refractivity contribution >= 4 is 38.5 Å². The largest absolute Gasteiger partial charge is 0.573 e. The van der Waals surface area contributed by atoms with E-state index < -0.39 is 18.3 Å². The molecule has 1 aromatic heterocycles. The summed E-state index contributed by atoms with van der Waals surface area (Å²) in [5.74, 6) is -1.14. The normalized spacial score (nSPS) is 16.3. The Morgan fingerprint density at radius 3 is 2.77 bits per heavy atom. The molecule has 2 heterocycles. The first-order chi connectivity index (χ1) is 14.2. The van der Waals surface area contributed by atoms with Crippen LogP contribution < -0.4 is 26.0 Å². The van der Waals surface area contributed by atoms with Gasteiger partial charge >= 0.3 is 6.36 Å². The predicted octanol–water partition coefficient (Wildman–Crippen LogP) is 1.98. The van der Waals surface area contributed by atoms with E-state index in [4.69, 9.17) is 0 Å². The molecule has 0 saturated carbocycles. The van der Waals surface area contributed by atoms with Crippen molar-refractivity contribution in [2.45, 2.75) is 38.2 Å². The highest BCUT2D eigenvalue weighted by molar-refractivity contribution is 7.22. The highest BCUT2D eigenvalue weighted by Crippen LogP contribution is 2.31. The lowest BCUT2D eigenvalue weighted by Gasteiger charge is -2.26. The van der Waals surface area contributed by atoms with E-state index in [2.05, 4.69) is 31.0 Å². The molecule has 1 aromatic carbocycles. The first-order valence-corrected chi connectivity index (χ1v) is 10.2. The second kappa shape index (κ2) is 9.58. The molecule has 4 N–H and O–H groups in total. The minimum Gasteiger partial charge on any atom is -0.406 e. The number of amides is 2. The van der Waals surface area contributed by atoms with Crippen molar-refractivity contribution in [1.82, 2.24) is 20.9 Å². The van der Waals surface area contributed by atoms with Gasteiger partial charge in [-0.15, -0.1) is 13.2 Å². The van der Waals surface area contributed by atoms with Crippen LogP contribution in [0.1, 0.15) is 19.8 Å². The number of aromatic nitrogens is 1. The number of anilines is 1. The van der Waals surface area contributed by atoms with E-state index in [-0.39, 0.29) is 29.4 Å². The van der Waals surface area contributed by atoms with Crippen LogP contribution in [0.3, 0.4) is 0 Å². The first-order valence-electron chi connectivity index (χ1n) is 9.40. The summed E-state index contributed by atoms with van der Waals surface area (Å²) in [6, 6.07) is 3.55. The van der Waals surface area contributed by atoms with Gasteiger partial charge < -0.3 is 26.0 Å². The molecular weight excluding hydrogens is 423 g/mol. The molecule has 0 bridgehead atoms. The van der Waals surface area contributed by atoms with Crippen molar-refractivity contribution < 1.29 is 27.5 Å². The Balaban J connectivity index is 1.49. The van der Waals surface area contributed by atoms with Gasteiger partial charge in [0.25, 0.3) is 0 Å². The molecule has 12 heteroatoms. The second-order valence-electron chi connectivity index (χ2n) is 6.87. The first kappa shape index (κ1) is 22.2. The molecule has 0 aliphatic carbocycles. The number of rotatable bonds is 7. The molecular formula is C18H22F3N5O3S. The fraction of sp³-hybridized carbons (Fsp3) is 0.500. The van der Waals surface area contributed by atoms with E-state index in [1.807, 2.05) is 0 Å². The van der Waals surface area contributed by atoms with Crippen molar-refractivity contribution in [2.75, 3.05) is 25.0 Å². The van der Waals surface area contributed by atoms with Crippen LogP contribution in [0, 0.1) is 0 Å². The molecule has 1 aliphatic rings. The molecule has 2 amide bonds. The standard InChI is InChI=1S/C18H22F3N5O3S/c1-10(24-11-4-6-22-7-5-11)16(28)23-9-15(27)26-17-25-13-3-2-12(8-14(13)30-17)29-18(19,20)21/h2-3,8,10-11,22,24H,4-7,9H2,1H3,(H,23,28)(H,25,26,27). The minimum atomic E-state index is -4.78. The maximum absolute atomic E-state index is 12.3. The maximum Gasteiger partial charge on any atom is 0.573 e. The molecule has 3 rings (SSSR count). The predicted molar refractivity (Wildman–Crippen MR) is 106 cm³/mol. The van der Waals surface area contributed by atoms with Crippen LogP contribution >= 0.6 is 11.3 Å². The summed E-state index contributed by atoms with van der Waals surface area (Å²) in [6.45, 7) is 3.31. The third kappa shape index (κ3) is 6.54. The zero-order chi connectivity index (χ0) is 21.7. The Morgan fingerprint density at radius 2 is 2.07 bits per heavy atom. The maximum atomic E-state index is 12.3. The summed E-state index contributed by atoms with van der Waals surface area (Å²) >= 11 is 1.01. The smallest absolute Gasteiger partial charge is 0.406 e. The molecule has 1 atom stereocenters. The zero-order valence-corrected chi connectivity index (χ0v) is 17.0. The van der Waals surface area contributed by atoms with Gasteiger partial charge in [-0.1, -0.05) is 11.3 Å². The molecule has 30 heavy (non-hydrogen) atoms. The number of carbonyl (C=O) groups is 2. The van der Waals surface area contributed by atoms with Crippen molar-refractivity contribution in [2.24, 2.45) is 0 Å². The van der Waals surface area contributed by atoms with E-state index in [1.165, 1.54) is 12.1 Å². The van der Waals surface area contributed by atoms with Gasteiger partial charge in [-0.05, 0) is 45.0 Å². The van der Waals surface area contributed by atoms with Crippen LogP contribution in [0.25, 0.3) is 10.2 Å². The van der Waals surface area contributed by atoms with E-state index in [0.29, 0.717) is 10.2 Å². The van der Waals surface area contributed by atoms with Gasteiger partial charge in [0, 0.05) is 12.1 Å². The number of alkyl halides is 3. The van der Waals surface area contributed by atoms with E-state index in [9.17, 15) is 22.8 Å². The highest BCUT2D eigenvalue weighted by Gasteiger charge is 2.31. The van der Waals surface area contributed by atoms with Gasteiger partial charge in [0.2, 0.25) is 11.8 Å². The SMILES string of the molecule is CC(NC1CCNCC1)C(=O)NCC(=O)Nc1nc2ccc(OC(F)(F)F)cc2s1. The number of hydrogen-bond donors (Lipinski definition) is 4. The van der Waals surface area contributed by atoms with Gasteiger partial charge in [-0.25, -0.2) is 4.98 Å².